The van der Waals surface area contributed by atoms with E-state index in [0.29, 0.717) is 34.6 Å². The average molecular weight is 1850 g/mol. The molecule has 0 N–H and O–H groups in total. The van der Waals surface area contributed by atoms with Crippen LogP contribution < -0.4 is 0 Å². The van der Waals surface area contributed by atoms with E-state index >= 15 is 0 Å². The molecule has 19 aromatic carbocycles. The molecule has 670 valence electrons. The van der Waals surface area contributed by atoms with Gasteiger partial charge in [0, 0.05) is 129 Å². The molecule has 0 saturated carbocycles. The molecular formula is C129H80N10O3S. The van der Waals surface area contributed by atoms with Gasteiger partial charge in [-0.1, -0.05) is 354 Å². The Kier molecular flexibility index (Phi) is 18.3. The van der Waals surface area contributed by atoms with E-state index in [0.717, 1.165) is 150 Å². The minimum absolute atomic E-state index is 0.110. The zero-order valence-electron chi connectivity index (χ0n) is 77.3. The van der Waals surface area contributed by atoms with Crippen LogP contribution in [0, 0.1) is 0 Å². The third-order valence-corrected chi connectivity index (χ3v) is 30.2. The van der Waals surface area contributed by atoms with Crippen molar-refractivity contribution in [3.63, 3.8) is 0 Å². The molecule has 0 saturated heterocycles. The van der Waals surface area contributed by atoms with Crippen molar-refractivity contribution in [1.29, 1.82) is 0 Å². The number of para-hydroxylation sites is 11. The van der Waals surface area contributed by atoms with Crippen molar-refractivity contribution >= 4 is 185 Å². The molecule has 0 bridgehead atoms. The Hall–Kier alpha value is -18.8. The van der Waals surface area contributed by atoms with Gasteiger partial charge in [-0.05, 0) is 126 Å². The van der Waals surface area contributed by atoms with E-state index in [9.17, 15) is 0 Å². The molecule has 11 heterocycles. The number of hydrogen-bond donors (Lipinski definition) is 0. The first kappa shape index (κ1) is 81.4. The summed E-state index contributed by atoms with van der Waals surface area (Å²) in [6, 6.07) is 158. The molecule has 0 fully saturated rings. The number of aromatic nitrogens is 10. The minimum Gasteiger partial charge on any atom is -0.438 e. The van der Waals surface area contributed by atoms with Crippen molar-refractivity contribution in [2.75, 3.05) is 0 Å². The zero-order chi connectivity index (χ0) is 94.2. The van der Waals surface area contributed by atoms with Crippen molar-refractivity contribution in [2.45, 2.75) is 19.3 Å². The quantitative estimate of drug-likeness (QED) is 0.131. The molecule has 0 radical (unpaired) electrons. The summed E-state index contributed by atoms with van der Waals surface area (Å²) < 4.78 is 31.4. The van der Waals surface area contributed by atoms with Crippen LogP contribution in [0.5, 0.6) is 0 Å². The fourth-order valence-corrected chi connectivity index (χ4v) is 23.9. The summed E-state index contributed by atoms with van der Waals surface area (Å²) in [6.07, 6.45) is 0. The normalized spacial score (nSPS) is 12.5. The van der Waals surface area contributed by atoms with Crippen LogP contribution in [0.15, 0.2) is 462 Å². The summed E-state index contributed by atoms with van der Waals surface area (Å²) in [5.74, 6) is 1.87. The molecule has 31 rings (SSSR count). The van der Waals surface area contributed by atoms with Crippen molar-refractivity contribution in [1.82, 2.24) is 48.2 Å². The Morgan fingerprint density at radius 3 is 1.01 bits per heavy atom. The summed E-state index contributed by atoms with van der Waals surface area (Å²) in [7, 11) is 0. The average Bonchev–Trinajstić information content (AvgIpc) is 1.53. The predicted octanol–water partition coefficient (Wildman–Crippen LogP) is 34.2. The first-order chi connectivity index (χ1) is 70.8. The molecule has 0 amide bonds. The number of nitrogens with zero attached hydrogens (tertiary/aromatic N) is 10. The van der Waals surface area contributed by atoms with Crippen LogP contribution in [-0.4, -0.2) is 48.2 Å². The third kappa shape index (κ3) is 12.5. The van der Waals surface area contributed by atoms with E-state index < -0.39 is 0 Å². The Labute approximate surface area is 821 Å². The van der Waals surface area contributed by atoms with E-state index in [2.05, 4.69) is 396 Å². The lowest BCUT2D eigenvalue weighted by Gasteiger charge is -2.21. The predicted molar refractivity (Wildman–Crippen MR) is 588 cm³/mol. The Bertz CT molecular complexity index is 10500. The second-order valence-electron chi connectivity index (χ2n) is 37.3. The van der Waals surface area contributed by atoms with Crippen LogP contribution >= 0.6 is 11.3 Å². The first-order valence-electron chi connectivity index (χ1n) is 48.3. The van der Waals surface area contributed by atoms with E-state index in [1.165, 1.54) is 102 Å². The summed E-state index contributed by atoms with van der Waals surface area (Å²) in [6.45, 7) is 4.68. The van der Waals surface area contributed by atoms with Gasteiger partial charge in [-0.3, -0.25) is 0 Å². The highest BCUT2D eigenvalue weighted by Gasteiger charge is 2.39. The highest BCUT2D eigenvalue weighted by molar-refractivity contribution is 7.26. The number of benzene rings is 19. The van der Waals surface area contributed by atoms with Crippen molar-refractivity contribution in [3.8, 4) is 102 Å². The van der Waals surface area contributed by atoms with Gasteiger partial charge in [0.25, 0.3) is 0 Å². The summed E-state index contributed by atoms with van der Waals surface area (Å²) in [5, 5.41) is 18.1. The summed E-state index contributed by atoms with van der Waals surface area (Å²) >= 11 is 1.84. The maximum Gasteiger partial charge on any atom is 0.231 e. The number of furan rings is 3. The van der Waals surface area contributed by atoms with Crippen LogP contribution in [-0.2, 0) is 5.41 Å². The molecule has 1 aliphatic carbocycles. The van der Waals surface area contributed by atoms with Crippen LogP contribution in [0.3, 0.4) is 0 Å². The van der Waals surface area contributed by atoms with E-state index in [4.69, 9.17) is 43.2 Å². The lowest BCUT2D eigenvalue weighted by atomic mass is 9.82. The largest absolute Gasteiger partial charge is 0.438 e. The van der Waals surface area contributed by atoms with Crippen LogP contribution in [0.25, 0.3) is 275 Å². The van der Waals surface area contributed by atoms with Gasteiger partial charge in [0.05, 0.1) is 94.4 Å². The van der Waals surface area contributed by atoms with Gasteiger partial charge in [0.2, 0.25) is 17.1 Å². The number of rotatable bonds is 10. The molecular weight excluding hydrogens is 1770 g/mol. The second kappa shape index (κ2) is 32.2. The maximum absolute atomic E-state index is 6.44. The van der Waals surface area contributed by atoms with Gasteiger partial charge < -0.3 is 31.5 Å². The van der Waals surface area contributed by atoms with Crippen molar-refractivity contribution < 1.29 is 13.3 Å². The molecule has 143 heavy (non-hydrogen) atoms. The van der Waals surface area contributed by atoms with Gasteiger partial charge in [0.1, 0.15) is 16.7 Å². The van der Waals surface area contributed by atoms with Gasteiger partial charge in [0.15, 0.2) is 17.5 Å². The molecule has 0 aliphatic heterocycles. The standard InChI is InChI=1S/C46H28N4O.C43H29N3O.C40H23N3OS/c1-3-15-29(16-4-1)43-42-35-22-10-14-26-40(35)51-46(42)48-45(47-43)34-21-9-13-25-38(34)50-36-23-11-7-19-31(36)32-27-28-39-41(44(32)50)33-20-8-12-24-37(33)49(39)30-17-5-2-6-18-30;1-43(2)32-20-10-6-17-29(32)37-33(43)25-24-28-27-16-7-11-21-34(27)46(40(28)37)35-22-12-8-18-30(35)41-44-39(26-14-4-3-5-15-26)38-31-19-9-13-23-36(31)47-42(38)45-41;1-2-12-24(13-3-1)37-36-28-16-6-10-20-32(28)44-40(36)42-39(41-37)27-15-5-9-19-31(27)43-30-18-8-4-14-25(30)26-22-23-34-35(38(26)43)29-17-7-11-21-33(29)45-34/h1-28H;3-25H,1-2H3;1-23H. The van der Waals surface area contributed by atoms with E-state index in [1.807, 2.05) is 96.3 Å². The van der Waals surface area contributed by atoms with E-state index in [-0.39, 0.29) is 5.41 Å². The molecule has 0 spiro atoms. The Morgan fingerprint density at radius 1 is 0.217 bits per heavy atom. The SMILES string of the molecule is CC1(C)c2ccccc2-c2c1ccc1c3ccccc3n(-c3ccccc3-c3nc(-c4ccccc4)c4c(n3)oc3ccccc34)c21.c1ccc(-c2nc(-c3ccccc3-n3c4ccccc4c4ccc5c(c6ccccc6n5-c5ccccc5)c43)nc3oc4ccccc4c23)cc1.c1ccc(-c2nc(-c3ccccc3-n3c4ccccc4c4ccc5sc6ccccc6c5c43)nc3oc4ccccc4c23)cc1. The lowest BCUT2D eigenvalue weighted by Crippen LogP contribution is -2.14. The van der Waals surface area contributed by atoms with Crippen molar-refractivity contribution in [2.24, 2.45) is 0 Å². The molecule has 1 aliphatic rings. The Morgan fingerprint density at radius 2 is 0.552 bits per heavy atom. The minimum atomic E-state index is -0.110. The topological polar surface area (TPSA) is 136 Å². The first-order valence-corrected chi connectivity index (χ1v) is 49.1. The summed E-state index contributed by atoms with van der Waals surface area (Å²) in [5.41, 5.74) is 31.3. The molecule has 30 aromatic rings. The molecule has 11 aromatic heterocycles. The lowest BCUT2D eigenvalue weighted by molar-refractivity contribution is 0.653. The summed E-state index contributed by atoms with van der Waals surface area (Å²) in [4.78, 5) is 31.4. The highest BCUT2D eigenvalue weighted by Crippen LogP contribution is 2.55. The molecule has 0 atom stereocenters. The van der Waals surface area contributed by atoms with Crippen LogP contribution in [0.1, 0.15) is 25.0 Å². The highest BCUT2D eigenvalue weighted by atomic mass is 32.1. The van der Waals surface area contributed by atoms with Crippen LogP contribution in [0.2, 0.25) is 0 Å². The smallest absolute Gasteiger partial charge is 0.231 e. The third-order valence-electron chi connectivity index (χ3n) is 29.1. The number of hydrogen-bond acceptors (Lipinski definition) is 10. The van der Waals surface area contributed by atoms with Gasteiger partial charge in [-0.15, -0.1) is 11.3 Å². The maximum atomic E-state index is 6.44. The zero-order valence-corrected chi connectivity index (χ0v) is 78.1. The Balaban J connectivity index is 0.000000102. The molecule has 13 nitrogen and oxygen atoms in total. The van der Waals surface area contributed by atoms with E-state index in [1.54, 1.807) is 0 Å². The molecule has 14 heteroatoms. The van der Waals surface area contributed by atoms with Gasteiger partial charge >= 0.3 is 0 Å². The number of thiophene rings is 1. The van der Waals surface area contributed by atoms with Gasteiger partial charge in [-0.2, -0.15) is 15.0 Å². The van der Waals surface area contributed by atoms with Crippen molar-refractivity contribution in [3.05, 3.63) is 460 Å². The number of fused-ring (bicyclic) bond motifs is 30. The monoisotopic (exact) mass is 1850 g/mol. The molecule has 0 unspecified atom stereocenters. The van der Waals surface area contributed by atoms with Gasteiger partial charge in [-0.25, -0.2) is 15.0 Å². The fourth-order valence-electron chi connectivity index (χ4n) is 22.8. The van der Waals surface area contributed by atoms with Crippen LogP contribution in [0.4, 0.5) is 0 Å². The second-order valence-corrected chi connectivity index (χ2v) is 38.3. The fraction of sp³-hybridized carbons (Fsp3) is 0.0233.